The number of amides is 1. The zero-order valence-corrected chi connectivity index (χ0v) is 10.9. The fourth-order valence-electron chi connectivity index (χ4n) is 1.85. The van der Waals surface area contributed by atoms with Gasteiger partial charge >= 0.3 is 0 Å². The summed E-state index contributed by atoms with van der Waals surface area (Å²) >= 11 is 0. The van der Waals surface area contributed by atoms with Gasteiger partial charge in [0.1, 0.15) is 0 Å². The fourth-order valence-corrected chi connectivity index (χ4v) is 1.85. The molecule has 0 saturated heterocycles. The first-order valence-electron chi connectivity index (χ1n) is 6.12. The van der Waals surface area contributed by atoms with Crippen molar-refractivity contribution in [2.45, 2.75) is 13.3 Å². The quantitative estimate of drug-likeness (QED) is 0.494. The lowest BCUT2D eigenvalue weighted by Gasteiger charge is -1.96. The number of nitro groups is 1. The second-order valence-electron chi connectivity index (χ2n) is 4.24. The van der Waals surface area contributed by atoms with Gasteiger partial charge in [0.15, 0.2) is 5.52 Å². The summed E-state index contributed by atoms with van der Waals surface area (Å²) in [6, 6.07) is 4.83. The van der Waals surface area contributed by atoms with Gasteiger partial charge in [-0.25, -0.2) is 0 Å². The molecule has 0 fully saturated rings. The number of para-hydroxylation sites is 1. The number of carbonyl (C=O) groups is 1. The molecule has 104 valence electrons. The Kier molecular flexibility index (Phi) is 4.09. The summed E-state index contributed by atoms with van der Waals surface area (Å²) in [5.74, 6) is -0.0685. The third-order valence-electron chi connectivity index (χ3n) is 2.76. The minimum Gasteiger partial charge on any atom is -0.356 e. The van der Waals surface area contributed by atoms with E-state index < -0.39 is 4.92 Å². The number of hydrogen-bond donors (Lipinski definition) is 2. The molecule has 0 aliphatic carbocycles. The number of fused-ring (bicyclic) bond motifs is 1. The highest BCUT2D eigenvalue weighted by Crippen LogP contribution is 2.25. The van der Waals surface area contributed by atoms with E-state index in [-0.39, 0.29) is 11.6 Å². The van der Waals surface area contributed by atoms with Crippen molar-refractivity contribution in [2.75, 3.05) is 6.54 Å². The molecule has 7 heteroatoms. The molecule has 2 rings (SSSR count). The molecule has 20 heavy (non-hydrogen) atoms. The smallest absolute Gasteiger partial charge is 0.297 e. The van der Waals surface area contributed by atoms with Crippen LogP contribution >= 0.6 is 0 Å². The number of carbonyl (C=O) groups excluding carboxylic acids is 1. The van der Waals surface area contributed by atoms with Crippen molar-refractivity contribution in [3.8, 4) is 0 Å². The molecule has 0 radical (unpaired) electrons. The van der Waals surface area contributed by atoms with Crippen molar-refractivity contribution in [2.24, 2.45) is 0 Å². The van der Waals surface area contributed by atoms with Crippen molar-refractivity contribution in [1.82, 2.24) is 15.5 Å². The summed E-state index contributed by atoms with van der Waals surface area (Å²) in [6.45, 7) is 2.02. The van der Waals surface area contributed by atoms with E-state index in [0.717, 1.165) is 0 Å². The lowest BCUT2D eigenvalue weighted by molar-refractivity contribution is -0.383. The number of aromatic amines is 1. The van der Waals surface area contributed by atoms with E-state index in [2.05, 4.69) is 15.5 Å². The van der Waals surface area contributed by atoms with E-state index in [4.69, 9.17) is 0 Å². The molecule has 2 aromatic rings. The van der Waals surface area contributed by atoms with Gasteiger partial charge in [-0.3, -0.25) is 20.0 Å². The SMILES string of the molecule is CC(=O)NCCC=Cc1[nH]nc2c([N+](=O)[O-])cccc12. The number of benzene rings is 1. The van der Waals surface area contributed by atoms with Crippen LogP contribution in [-0.4, -0.2) is 27.6 Å². The second kappa shape index (κ2) is 5.96. The van der Waals surface area contributed by atoms with Crippen LogP contribution in [0.3, 0.4) is 0 Å². The normalized spacial score (nSPS) is 11.1. The molecule has 1 aromatic carbocycles. The maximum Gasteiger partial charge on any atom is 0.297 e. The van der Waals surface area contributed by atoms with Crippen LogP contribution in [0.5, 0.6) is 0 Å². The van der Waals surface area contributed by atoms with Crippen LogP contribution in [-0.2, 0) is 4.79 Å². The average molecular weight is 274 g/mol. The summed E-state index contributed by atoms with van der Waals surface area (Å²) in [7, 11) is 0. The van der Waals surface area contributed by atoms with Crippen molar-refractivity contribution in [3.63, 3.8) is 0 Å². The molecular weight excluding hydrogens is 260 g/mol. The minimum absolute atomic E-state index is 0.0170. The Balaban J connectivity index is 2.15. The number of nitrogens with one attached hydrogen (secondary N) is 2. The Morgan fingerprint density at radius 3 is 3.05 bits per heavy atom. The molecule has 0 saturated carbocycles. The van der Waals surface area contributed by atoms with Crippen molar-refractivity contribution < 1.29 is 9.72 Å². The molecule has 7 nitrogen and oxygen atoms in total. The van der Waals surface area contributed by atoms with Gasteiger partial charge in [-0.05, 0) is 12.5 Å². The predicted molar refractivity (Wildman–Crippen MR) is 75.1 cm³/mol. The molecule has 2 N–H and O–H groups in total. The Morgan fingerprint density at radius 1 is 1.55 bits per heavy atom. The van der Waals surface area contributed by atoms with Crippen LogP contribution in [0.25, 0.3) is 17.0 Å². The third-order valence-corrected chi connectivity index (χ3v) is 2.76. The topological polar surface area (TPSA) is 101 Å². The largest absolute Gasteiger partial charge is 0.356 e. The summed E-state index contributed by atoms with van der Waals surface area (Å²) < 4.78 is 0. The van der Waals surface area contributed by atoms with E-state index in [0.29, 0.717) is 29.6 Å². The molecule has 1 aromatic heterocycles. The Labute approximate surface area is 114 Å². The van der Waals surface area contributed by atoms with Crippen LogP contribution < -0.4 is 5.32 Å². The van der Waals surface area contributed by atoms with Gasteiger partial charge in [-0.15, -0.1) is 0 Å². The van der Waals surface area contributed by atoms with Gasteiger partial charge in [0.2, 0.25) is 5.91 Å². The van der Waals surface area contributed by atoms with Gasteiger partial charge in [-0.1, -0.05) is 18.2 Å². The van der Waals surface area contributed by atoms with Gasteiger partial charge < -0.3 is 5.32 Å². The van der Waals surface area contributed by atoms with E-state index in [1.807, 2.05) is 6.08 Å². The number of H-pyrrole nitrogens is 1. The molecule has 0 aliphatic rings. The Hall–Kier alpha value is -2.70. The molecule has 1 amide bonds. The molecular formula is C13H14N4O3. The number of non-ortho nitro benzene ring substituents is 1. The lowest BCUT2D eigenvalue weighted by Crippen LogP contribution is -2.20. The molecule has 0 aliphatic heterocycles. The summed E-state index contributed by atoms with van der Waals surface area (Å²) in [5, 5.41) is 21.0. The first-order valence-corrected chi connectivity index (χ1v) is 6.12. The highest BCUT2D eigenvalue weighted by atomic mass is 16.6. The average Bonchev–Trinajstić information content (AvgIpc) is 2.81. The predicted octanol–water partition coefficient (Wildman–Crippen LogP) is 2.01. The van der Waals surface area contributed by atoms with Gasteiger partial charge in [0.05, 0.1) is 10.6 Å². The number of nitrogens with zero attached hydrogens (tertiary/aromatic N) is 2. The second-order valence-corrected chi connectivity index (χ2v) is 4.24. The van der Waals surface area contributed by atoms with E-state index in [1.165, 1.54) is 13.0 Å². The first-order chi connectivity index (χ1) is 9.59. The van der Waals surface area contributed by atoms with E-state index >= 15 is 0 Å². The molecule has 0 spiro atoms. The fraction of sp³-hybridized carbons (Fsp3) is 0.231. The first kappa shape index (κ1) is 13.7. The maximum absolute atomic E-state index is 10.9. The minimum atomic E-state index is -0.451. The zero-order valence-electron chi connectivity index (χ0n) is 10.9. The van der Waals surface area contributed by atoms with Gasteiger partial charge in [0, 0.05) is 24.9 Å². The summed E-state index contributed by atoms with van der Waals surface area (Å²) in [4.78, 5) is 21.1. The van der Waals surface area contributed by atoms with Gasteiger partial charge in [-0.2, -0.15) is 5.10 Å². The van der Waals surface area contributed by atoms with Crippen LogP contribution in [0.1, 0.15) is 19.0 Å². The van der Waals surface area contributed by atoms with Gasteiger partial charge in [0.25, 0.3) is 5.69 Å². The molecule has 0 atom stereocenters. The number of hydrogen-bond acceptors (Lipinski definition) is 4. The number of nitro benzene ring substituents is 1. The van der Waals surface area contributed by atoms with Crippen LogP contribution in [0, 0.1) is 10.1 Å². The zero-order chi connectivity index (χ0) is 14.5. The third kappa shape index (κ3) is 3.00. The standard InChI is InChI=1S/C13H14N4O3/c1-9(18)14-8-3-2-6-11-10-5-4-7-12(17(19)20)13(10)16-15-11/h2,4-7H,3,8H2,1H3,(H,14,18)(H,15,16). The van der Waals surface area contributed by atoms with E-state index in [9.17, 15) is 14.9 Å². The summed E-state index contributed by atoms with van der Waals surface area (Å²) in [5.41, 5.74) is 1.04. The Morgan fingerprint density at radius 2 is 2.35 bits per heavy atom. The van der Waals surface area contributed by atoms with Crippen molar-refractivity contribution in [3.05, 3.63) is 40.1 Å². The molecule has 1 heterocycles. The number of rotatable bonds is 5. The van der Waals surface area contributed by atoms with Crippen molar-refractivity contribution in [1.29, 1.82) is 0 Å². The maximum atomic E-state index is 10.9. The van der Waals surface area contributed by atoms with Crippen LogP contribution in [0.15, 0.2) is 24.3 Å². The molecule has 0 bridgehead atoms. The molecule has 0 unspecified atom stereocenters. The number of aromatic nitrogens is 2. The highest BCUT2D eigenvalue weighted by Gasteiger charge is 2.15. The van der Waals surface area contributed by atoms with Crippen LogP contribution in [0.2, 0.25) is 0 Å². The van der Waals surface area contributed by atoms with Crippen molar-refractivity contribution >= 4 is 28.6 Å². The monoisotopic (exact) mass is 274 g/mol. The lowest BCUT2D eigenvalue weighted by atomic mass is 10.1. The van der Waals surface area contributed by atoms with E-state index in [1.54, 1.807) is 18.2 Å². The highest BCUT2D eigenvalue weighted by molar-refractivity contribution is 5.92. The van der Waals surface area contributed by atoms with Crippen LogP contribution in [0.4, 0.5) is 5.69 Å². The summed E-state index contributed by atoms with van der Waals surface area (Å²) in [6.07, 6.45) is 4.36. The Bertz CT molecular complexity index is 675.